The monoisotopic (exact) mass is 283 g/mol. The Morgan fingerprint density at radius 1 is 1.26 bits per heavy atom. The Hall–Kier alpha value is -2.02. The molecule has 0 aliphatic rings. The molecule has 0 atom stereocenters. The molecule has 3 N–H and O–H groups in total. The van der Waals surface area contributed by atoms with Gasteiger partial charge in [-0.1, -0.05) is 12.1 Å². The topological polar surface area (TPSA) is 54.7 Å². The lowest BCUT2D eigenvalue weighted by Crippen LogP contribution is -2.04. The number of alkyl halides is 3. The average Bonchev–Trinajstić information content (AvgIpc) is 2.91. The van der Waals surface area contributed by atoms with Gasteiger partial charge in [0.25, 0.3) is 0 Å². The van der Waals surface area contributed by atoms with Gasteiger partial charge in [0, 0.05) is 4.70 Å². The smallest absolute Gasteiger partial charge is 0.396 e. The molecule has 0 radical (unpaired) electrons. The fourth-order valence-corrected chi connectivity index (χ4v) is 3.11. The third kappa shape index (κ3) is 1.95. The summed E-state index contributed by atoms with van der Waals surface area (Å²) in [5.74, 6) is 0. The lowest BCUT2D eigenvalue weighted by molar-refractivity contribution is -0.136. The number of thiophene rings is 1. The fraction of sp³-hybridized carbons (Fsp3) is 0.0833. The Kier molecular flexibility index (Phi) is 2.53. The highest BCUT2D eigenvalue weighted by atomic mass is 32.1. The quantitative estimate of drug-likeness (QED) is 0.711. The van der Waals surface area contributed by atoms with Crippen molar-refractivity contribution in [2.45, 2.75) is 6.18 Å². The molecule has 3 rings (SSSR count). The predicted molar refractivity (Wildman–Crippen MR) is 68.8 cm³/mol. The minimum atomic E-state index is -4.36. The molecule has 0 spiro atoms. The maximum Gasteiger partial charge on any atom is 0.417 e. The summed E-state index contributed by atoms with van der Waals surface area (Å²) in [7, 11) is 0. The van der Waals surface area contributed by atoms with E-state index in [0.29, 0.717) is 21.6 Å². The number of aromatic amines is 1. The summed E-state index contributed by atoms with van der Waals surface area (Å²) in [4.78, 5) is 0.640. The number of nitrogen functional groups attached to an aromatic ring is 1. The van der Waals surface area contributed by atoms with E-state index >= 15 is 0 Å². The summed E-state index contributed by atoms with van der Waals surface area (Å²) in [5, 5.41) is 7.01. The van der Waals surface area contributed by atoms with Gasteiger partial charge in [-0.25, -0.2) is 0 Å². The summed E-state index contributed by atoms with van der Waals surface area (Å²) >= 11 is 1.05. The van der Waals surface area contributed by atoms with E-state index in [4.69, 9.17) is 5.73 Å². The van der Waals surface area contributed by atoms with Crippen molar-refractivity contribution < 1.29 is 13.2 Å². The van der Waals surface area contributed by atoms with Crippen molar-refractivity contribution in [2.75, 3.05) is 5.73 Å². The van der Waals surface area contributed by atoms with Crippen molar-refractivity contribution in [1.82, 2.24) is 10.2 Å². The first-order chi connectivity index (χ1) is 8.97. The number of hydrogen-bond donors (Lipinski definition) is 2. The molecule has 1 aromatic carbocycles. The molecule has 0 aliphatic carbocycles. The number of aromatic nitrogens is 2. The van der Waals surface area contributed by atoms with E-state index in [2.05, 4.69) is 10.2 Å². The third-order valence-corrected chi connectivity index (χ3v) is 3.97. The van der Waals surface area contributed by atoms with Crippen molar-refractivity contribution in [1.29, 1.82) is 0 Å². The van der Waals surface area contributed by atoms with Crippen LogP contribution in [-0.2, 0) is 6.18 Å². The van der Waals surface area contributed by atoms with Crippen molar-refractivity contribution in [3.63, 3.8) is 0 Å². The second-order valence-electron chi connectivity index (χ2n) is 4.03. The molecule has 0 aliphatic heterocycles. The first-order valence-corrected chi connectivity index (χ1v) is 6.17. The van der Waals surface area contributed by atoms with Crippen molar-refractivity contribution in [3.05, 3.63) is 36.0 Å². The van der Waals surface area contributed by atoms with Crippen LogP contribution in [0.4, 0.5) is 18.9 Å². The van der Waals surface area contributed by atoms with Crippen LogP contribution in [-0.4, -0.2) is 10.2 Å². The standard InChI is InChI=1S/C12H8F3N3S/c13-12(14,15)7-3-1-2-6-4-9(19-11(6)7)10-8(16)5-17-18-10/h1-5H,16H2,(H,17,18). The third-order valence-electron chi connectivity index (χ3n) is 2.76. The molecule has 0 saturated carbocycles. The Bertz CT molecular complexity index is 742. The maximum atomic E-state index is 12.9. The number of nitrogens with one attached hydrogen (secondary N) is 1. The number of halogens is 3. The highest BCUT2D eigenvalue weighted by Crippen LogP contribution is 2.41. The second kappa shape index (κ2) is 3.99. The zero-order valence-corrected chi connectivity index (χ0v) is 10.3. The molecule has 0 saturated heterocycles. The number of hydrogen-bond acceptors (Lipinski definition) is 3. The summed E-state index contributed by atoms with van der Waals surface area (Å²) < 4.78 is 38.9. The number of benzene rings is 1. The normalized spacial score (nSPS) is 12.2. The molecular weight excluding hydrogens is 275 g/mol. The molecule has 19 heavy (non-hydrogen) atoms. The van der Waals surface area contributed by atoms with E-state index in [-0.39, 0.29) is 4.70 Å². The van der Waals surface area contributed by atoms with Crippen LogP contribution in [0.5, 0.6) is 0 Å². The van der Waals surface area contributed by atoms with Crippen LogP contribution in [0.2, 0.25) is 0 Å². The van der Waals surface area contributed by atoms with Crippen LogP contribution in [0.1, 0.15) is 5.56 Å². The van der Waals surface area contributed by atoms with Gasteiger partial charge in [0.2, 0.25) is 0 Å². The van der Waals surface area contributed by atoms with E-state index < -0.39 is 11.7 Å². The molecule has 0 unspecified atom stereocenters. The van der Waals surface area contributed by atoms with Crippen molar-refractivity contribution in [2.24, 2.45) is 0 Å². The molecule has 3 aromatic rings. The predicted octanol–water partition coefficient (Wildman–Crippen LogP) is 3.89. The van der Waals surface area contributed by atoms with Gasteiger partial charge in [0.05, 0.1) is 28.0 Å². The lowest BCUT2D eigenvalue weighted by atomic mass is 10.1. The summed E-state index contributed by atoms with van der Waals surface area (Å²) in [6.07, 6.45) is -2.93. The van der Waals surface area contributed by atoms with Crippen LogP contribution in [0.15, 0.2) is 30.5 Å². The number of fused-ring (bicyclic) bond motifs is 1. The van der Waals surface area contributed by atoms with Gasteiger partial charge < -0.3 is 5.73 Å². The van der Waals surface area contributed by atoms with E-state index in [1.165, 1.54) is 12.3 Å². The van der Waals surface area contributed by atoms with E-state index in [9.17, 15) is 13.2 Å². The first-order valence-electron chi connectivity index (χ1n) is 5.36. The van der Waals surface area contributed by atoms with Gasteiger partial charge in [-0.2, -0.15) is 18.3 Å². The van der Waals surface area contributed by atoms with Crippen LogP contribution in [0, 0.1) is 0 Å². The zero-order valence-electron chi connectivity index (χ0n) is 9.45. The number of nitrogens with zero attached hydrogens (tertiary/aromatic N) is 1. The second-order valence-corrected chi connectivity index (χ2v) is 5.08. The number of anilines is 1. The molecule has 3 nitrogen and oxygen atoms in total. The van der Waals surface area contributed by atoms with Gasteiger partial charge in [-0.3, -0.25) is 5.10 Å². The van der Waals surface area contributed by atoms with Crippen molar-refractivity contribution >= 4 is 27.1 Å². The highest BCUT2D eigenvalue weighted by molar-refractivity contribution is 7.22. The van der Waals surface area contributed by atoms with E-state index in [1.54, 1.807) is 12.1 Å². The Balaban J connectivity index is 2.25. The summed E-state index contributed by atoms with van der Waals surface area (Å²) in [6, 6.07) is 5.81. The number of rotatable bonds is 1. The Labute approximate surface area is 109 Å². The van der Waals surface area contributed by atoms with Gasteiger partial charge in [-0.05, 0) is 17.5 Å². The van der Waals surface area contributed by atoms with Gasteiger partial charge in [0.15, 0.2) is 0 Å². The van der Waals surface area contributed by atoms with E-state index in [1.807, 2.05) is 0 Å². The lowest BCUT2D eigenvalue weighted by Gasteiger charge is -2.06. The van der Waals surface area contributed by atoms with Gasteiger partial charge in [0.1, 0.15) is 0 Å². The Morgan fingerprint density at radius 2 is 2.05 bits per heavy atom. The minimum absolute atomic E-state index is 0.207. The molecule has 2 aromatic heterocycles. The fourth-order valence-electron chi connectivity index (χ4n) is 1.90. The number of nitrogens with two attached hydrogens (primary N) is 1. The zero-order chi connectivity index (χ0) is 13.6. The van der Waals surface area contributed by atoms with Crippen LogP contribution < -0.4 is 5.73 Å². The van der Waals surface area contributed by atoms with Crippen molar-refractivity contribution in [3.8, 4) is 10.6 Å². The van der Waals surface area contributed by atoms with Gasteiger partial charge in [-0.15, -0.1) is 11.3 Å². The van der Waals surface area contributed by atoms with E-state index in [0.717, 1.165) is 17.4 Å². The average molecular weight is 283 g/mol. The molecule has 0 bridgehead atoms. The van der Waals surface area contributed by atoms with Crippen LogP contribution in [0.3, 0.4) is 0 Å². The molecule has 2 heterocycles. The maximum absolute atomic E-state index is 12.9. The van der Waals surface area contributed by atoms with Crippen LogP contribution >= 0.6 is 11.3 Å². The molecule has 98 valence electrons. The van der Waals surface area contributed by atoms with Gasteiger partial charge >= 0.3 is 6.18 Å². The Morgan fingerprint density at radius 3 is 2.68 bits per heavy atom. The number of H-pyrrole nitrogens is 1. The highest BCUT2D eigenvalue weighted by Gasteiger charge is 2.33. The minimum Gasteiger partial charge on any atom is -0.396 e. The summed E-state index contributed by atoms with van der Waals surface area (Å²) in [5.41, 5.74) is 6.05. The molecule has 0 amide bonds. The molecular formula is C12H8F3N3S. The molecule has 0 fully saturated rings. The summed E-state index contributed by atoms with van der Waals surface area (Å²) in [6.45, 7) is 0. The first kappa shape index (κ1) is 12.0. The largest absolute Gasteiger partial charge is 0.417 e. The molecule has 7 heteroatoms. The van der Waals surface area contributed by atoms with Crippen LogP contribution in [0.25, 0.3) is 20.7 Å². The SMILES string of the molecule is Nc1cn[nH]c1-c1cc2cccc(C(F)(F)F)c2s1.